The minimum absolute atomic E-state index is 0.0495. The van der Waals surface area contributed by atoms with E-state index in [4.69, 9.17) is 5.73 Å². The third kappa shape index (κ3) is 2.73. The number of hydrogen-bond acceptors (Lipinski definition) is 2. The van der Waals surface area contributed by atoms with Crippen molar-refractivity contribution in [3.63, 3.8) is 0 Å². The largest absolute Gasteiger partial charge is 0.319 e. The normalized spacial score (nSPS) is 11.5. The number of halogens is 4. The summed E-state index contributed by atoms with van der Waals surface area (Å²) in [5.74, 6) is -7.54. The van der Waals surface area contributed by atoms with Gasteiger partial charge in [-0.05, 0) is 13.8 Å². The van der Waals surface area contributed by atoms with E-state index < -0.39 is 40.4 Å². The van der Waals surface area contributed by atoms with Crippen LogP contribution in [0.1, 0.15) is 13.8 Å². The molecule has 0 aliphatic carbocycles. The quantitative estimate of drug-likeness (QED) is 0.622. The second kappa shape index (κ2) is 4.33. The van der Waals surface area contributed by atoms with Crippen LogP contribution in [-0.4, -0.2) is 11.4 Å². The van der Waals surface area contributed by atoms with Crippen molar-refractivity contribution < 1.29 is 22.4 Å². The number of hydrogen-bond donors (Lipinski definition) is 2. The highest BCUT2D eigenvalue weighted by Gasteiger charge is 2.26. The Labute approximate surface area is 94.6 Å². The van der Waals surface area contributed by atoms with Gasteiger partial charge in [-0.3, -0.25) is 4.79 Å². The minimum atomic E-state index is -1.68. The molecular weight excluding hydrogens is 240 g/mol. The zero-order chi connectivity index (χ0) is 13.4. The topological polar surface area (TPSA) is 55.1 Å². The minimum Gasteiger partial charge on any atom is -0.319 e. The zero-order valence-corrected chi connectivity index (χ0v) is 9.07. The van der Waals surface area contributed by atoms with Gasteiger partial charge in [-0.15, -0.1) is 0 Å². The first-order chi connectivity index (χ1) is 7.64. The van der Waals surface area contributed by atoms with Gasteiger partial charge < -0.3 is 11.1 Å². The molecule has 0 aliphatic heterocycles. The number of nitrogens with one attached hydrogen (secondary N) is 1. The van der Waals surface area contributed by atoms with Gasteiger partial charge in [0.1, 0.15) is 5.69 Å². The molecule has 0 aromatic heterocycles. The van der Waals surface area contributed by atoms with Crippen molar-refractivity contribution in [2.45, 2.75) is 19.4 Å². The van der Waals surface area contributed by atoms with E-state index in [1.807, 2.05) is 0 Å². The lowest BCUT2D eigenvalue weighted by atomic mass is 10.1. The number of nitrogens with two attached hydrogens (primary N) is 1. The van der Waals surface area contributed by atoms with Crippen molar-refractivity contribution in [1.82, 2.24) is 0 Å². The Morgan fingerprint density at radius 1 is 1.18 bits per heavy atom. The van der Waals surface area contributed by atoms with E-state index in [0.717, 1.165) is 0 Å². The van der Waals surface area contributed by atoms with Crippen LogP contribution in [0.2, 0.25) is 0 Å². The van der Waals surface area contributed by atoms with Crippen molar-refractivity contribution in [2.24, 2.45) is 5.73 Å². The average molecular weight is 250 g/mol. The summed E-state index contributed by atoms with van der Waals surface area (Å²) >= 11 is 0. The van der Waals surface area contributed by atoms with Crippen LogP contribution < -0.4 is 11.1 Å². The highest BCUT2D eigenvalue weighted by molar-refractivity contribution is 5.97. The molecule has 0 saturated carbocycles. The Kier molecular flexibility index (Phi) is 3.42. The second-order valence-electron chi connectivity index (χ2n) is 4.02. The molecule has 1 aromatic rings. The molecule has 0 fully saturated rings. The van der Waals surface area contributed by atoms with Gasteiger partial charge >= 0.3 is 0 Å². The lowest BCUT2D eigenvalue weighted by Gasteiger charge is -2.18. The monoisotopic (exact) mass is 250 g/mol. The van der Waals surface area contributed by atoms with Gasteiger partial charge in [0.2, 0.25) is 5.91 Å². The summed E-state index contributed by atoms with van der Waals surface area (Å²) < 4.78 is 51.9. The summed E-state index contributed by atoms with van der Waals surface area (Å²) in [7, 11) is 0. The fourth-order valence-corrected chi connectivity index (χ4v) is 0.958. The van der Waals surface area contributed by atoms with Gasteiger partial charge in [0, 0.05) is 6.07 Å². The molecule has 0 saturated heterocycles. The molecule has 3 nitrogen and oxygen atoms in total. The molecule has 3 N–H and O–H groups in total. The first-order valence-corrected chi connectivity index (χ1v) is 4.58. The number of anilines is 1. The van der Waals surface area contributed by atoms with Gasteiger partial charge in [0.25, 0.3) is 0 Å². The van der Waals surface area contributed by atoms with E-state index in [0.29, 0.717) is 0 Å². The Balaban J connectivity index is 3.20. The molecule has 1 amide bonds. The van der Waals surface area contributed by atoms with Crippen molar-refractivity contribution in [3.05, 3.63) is 29.3 Å². The lowest BCUT2D eigenvalue weighted by molar-refractivity contribution is -0.120. The van der Waals surface area contributed by atoms with E-state index in [1.165, 1.54) is 13.8 Å². The maximum Gasteiger partial charge on any atom is 0.244 e. The molecule has 17 heavy (non-hydrogen) atoms. The van der Waals surface area contributed by atoms with Crippen LogP contribution >= 0.6 is 0 Å². The maximum absolute atomic E-state index is 13.2. The molecule has 0 aliphatic rings. The fourth-order valence-electron chi connectivity index (χ4n) is 0.958. The van der Waals surface area contributed by atoms with Crippen LogP contribution in [0.5, 0.6) is 0 Å². The number of rotatable bonds is 2. The molecule has 0 radical (unpaired) electrons. The van der Waals surface area contributed by atoms with Crippen LogP contribution in [0.4, 0.5) is 23.2 Å². The Bertz CT molecular complexity index is 442. The molecule has 0 unspecified atom stereocenters. The summed E-state index contributed by atoms with van der Waals surface area (Å²) in [6, 6.07) is 0.0495. The number of carbonyl (C=O) groups excluding carboxylic acids is 1. The Morgan fingerprint density at radius 2 is 1.59 bits per heavy atom. The van der Waals surface area contributed by atoms with Crippen molar-refractivity contribution in [3.8, 4) is 0 Å². The van der Waals surface area contributed by atoms with Gasteiger partial charge in [0.15, 0.2) is 23.3 Å². The Morgan fingerprint density at radius 3 is 1.94 bits per heavy atom. The third-order valence-electron chi connectivity index (χ3n) is 1.94. The summed E-state index contributed by atoms with van der Waals surface area (Å²) in [4.78, 5) is 11.3. The second-order valence-corrected chi connectivity index (χ2v) is 4.02. The predicted octanol–water partition coefficient (Wildman–Crippen LogP) is 1.92. The fraction of sp³-hybridized carbons (Fsp3) is 0.300. The van der Waals surface area contributed by atoms with Crippen molar-refractivity contribution in [1.29, 1.82) is 0 Å². The van der Waals surface area contributed by atoms with Crippen LogP contribution in [0.25, 0.3) is 0 Å². The molecule has 1 aromatic carbocycles. The standard InChI is InChI=1S/C10H10F4N2O/c1-10(2,15)9(17)16-8-6(13)4(11)3-5(12)7(8)14/h3H,15H2,1-2H3,(H,16,17). The van der Waals surface area contributed by atoms with Crippen molar-refractivity contribution >= 4 is 11.6 Å². The average Bonchev–Trinajstić information content (AvgIpc) is 2.20. The molecule has 1 rings (SSSR count). The summed E-state index contributed by atoms with van der Waals surface area (Å²) in [6.07, 6.45) is 0. The highest BCUT2D eigenvalue weighted by atomic mass is 19.2. The molecular formula is C10H10F4N2O. The first-order valence-electron chi connectivity index (χ1n) is 4.58. The van der Waals surface area contributed by atoms with E-state index >= 15 is 0 Å². The van der Waals surface area contributed by atoms with Gasteiger partial charge in [0.05, 0.1) is 5.54 Å². The van der Waals surface area contributed by atoms with Crippen LogP contribution in [0.3, 0.4) is 0 Å². The number of carbonyl (C=O) groups is 1. The van der Waals surface area contributed by atoms with Crippen LogP contribution in [0, 0.1) is 23.3 Å². The summed E-state index contributed by atoms with van der Waals surface area (Å²) in [5, 5.41) is 1.71. The zero-order valence-electron chi connectivity index (χ0n) is 9.07. The van der Waals surface area contributed by atoms with E-state index in [-0.39, 0.29) is 6.07 Å². The third-order valence-corrected chi connectivity index (χ3v) is 1.94. The molecule has 0 bridgehead atoms. The van der Waals surface area contributed by atoms with E-state index in [1.54, 1.807) is 5.32 Å². The molecule has 0 spiro atoms. The van der Waals surface area contributed by atoms with Crippen LogP contribution in [0.15, 0.2) is 6.07 Å². The molecule has 94 valence electrons. The Hall–Kier alpha value is -1.63. The smallest absolute Gasteiger partial charge is 0.244 e. The predicted molar refractivity (Wildman–Crippen MR) is 53.2 cm³/mol. The molecule has 0 heterocycles. The summed E-state index contributed by atoms with van der Waals surface area (Å²) in [5.41, 5.74) is 2.73. The molecule has 7 heteroatoms. The SMILES string of the molecule is CC(C)(N)C(=O)Nc1c(F)c(F)cc(F)c1F. The molecule has 0 atom stereocenters. The lowest BCUT2D eigenvalue weighted by Crippen LogP contribution is -2.45. The maximum atomic E-state index is 13.2. The van der Waals surface area contributed by atoms with Gasteiger partial charge in [-0.25, -0.2) is 17.6 Å². The van der Waals surface area contributed by atoms with E-state index in [2.05, 4.69) is 0 Å². The van der Waals surface area contributed by atoms with Crippen LogP contribution in [-0.2, 0) is 4.79 Å². The highest BCUT2D eigenvalue weighted by Crippen LogP contribution is 2.24. The summed E-state index contributed by atoms with van der Waals surface area (Å²) in [6.45, 7) is 2.54. The van der Waals surface area contributed by atoms with Crippen molar-refractivity contribution in [2.75, 3.05) is 5.32 Å². The van der Waals surface area contributed by atoms with E-state index in [9.17, 15) is 22.4 Å². The number of benzene rings is 1. The number of amides is 1. The van der Waals surface area contributed by atoms with Gasteiger partial charge in [-0.2, -0.15) is 0 Å². The van der Waals surface area contributed by atoms with Gasteiger partial charge in [-0.1, -0.05) is 0 Å². The first kappa shape index (κ1) is 13.4.